The molecule has 0 unspecified atom stereocenters. The summed E-state index contributed by atoms with van der Waals surface area (Å²) in [6.45, 7) is 11.9. The third-order valence-electron chi connectivity index (χ3n) is 6.48. The Morgan fingerprint density at radius 2 is 1.45 bits per heavy atom. The second-order valence-electron chi connectivity index (χ2n) is 12.2. The first kappa shape index (κ1) is 30.3. The number of amides is 4. The van der Waals surface area contributed by atoms with Gasteiger partial charge in [0.15, 0.2) is 5.54 Å². The lowest BCUT2D eigenvalue weighted by atomic mass is 9.75. The number of carbonyl (C=O) groups excluding carboxylic acids is 4. The number of hydrogen-bond acceptors (Lipinski definition) is 6. The maximum Gasteiger partial charge on any atom is 0.431 e. The second kappa shape index (κ2) is 11.3. The largest absolute Gasteiger partial charge is 0.443 e. The van der Waals surface area contributed by atoms with E-state index in [0.717, 1.165) is 15.5 Å². The molecule has 4 amide bonds. The summed E-state index contributed by atoms with van der Waals surface area (Å²) >= 11 is 0. The predicted molar refractivity (Wildman–Crippen MR) is 157 cm³/mol. The summed E-state index contributed by atoms with van der Waals surface area (Å²) in [6.07, 6.45) is -1.98. The van der Waals surface area contributed by atoms with E-state index in [4.69, 9.17) is 9.47 Å². The minimum absolute atomic E-state index is 0.0605. The van der Waals surface area contributed by atoms with E-state index in [0.29, 0.717) is 11.1 Å². The molecule has 9 heteroatoms. The molecule has 1 heterocycles. The molecule has 1 atom stereocenters. The second-order valence-corrected chi connectivity index (χ2v) is 12.2. The summed E-state index contributed by atoms with van der Waals surface area (Å²) in [5.74, 6) is -1.26. The minimum atomic E-state index is -2.04. The number of hydrogen-bond donors (Lipinski definition) is 1. The summed E-state index contributed by atoms with van der Waals surface area (Å²) in [5.41, 5.74) is 0.875. The molecular formula is C33H37N3O6. The molecule has 1 N–H and O–H groups in total. The molecule has 1 aliphatic heterocycles. The van der Waals surface area contributed by atoms with E-state index < -0.39 is 40.7 Å². The van der Waals surface area contributed by atoms with Gasteiger partial charge in [-0.1, -0.05) is 78.4 Å². The highest BCUT2D eigenvalue weighted by molar-refractivity contribution is 6.15. The van der Waals surface area contributed by atoms with E-state index in [1.807, 2.05) is 31.2 Å². The first-order valence-corrected chi connectivity index (χ1v) is 13.7. The summed E-state index contributed by atoms with van der Waals surface area (Å²) < 4.78 is 11.3. The molecule has 0 aliphatic carbocycles. The van der Waals surface area contributed by atoms with Crippen molar-refractivity contribution in [1.29, 1.82) is 0 Å². The lowest BCUT2D eigenvalue weighted by molar-refractivity contribution is -0.143. The highest BCUT2D eigenvalue weighted by atomic mass is 16.6. The smallest absolute Gasteiger partial charge is 0.431 e. The van der Waals surface area contributed by atoms with Crippen molar-refractivity contribution in [2.75, 3.05) is 0 Å². The van der Waals surface area contributed by atoms with Crippen molar-refractivity contribution in [3.63, 3.8) is 0 Å². The van der Waals surface area contributed by atoms with E-state index in [9.17, 15) is 19.2 Å². The molecule has 220 valence electrons. The summed E-state index contributed by atoms with van der Waals surface area (Å²) in [4.78, 5) is 57.4. The van der Waals surface area contributed by atoms with Crippen molar-refractivity contribution in [3.05, 3.63) is 107 Å². The number of ether oxygens (including phenoxy) is 2. The average molecular weight is 572 g/mol. The third-order valence-corrected chi connectivity index (χ3v) is 6.48. The Morgan fingerprint density at radius 3 is 2.07 bits per heavy atom. The number of carbonyl (C=O) groups is 4. The van der Waals surface area contributed by atoms with Gasteiger partial charge in [0.2, 0.25) is 0 Å². The normalized spacial score (nSPS) is 16.9. The topological polar surface area (TPSA) is 105 Å². The Hall–Kier alpha value is -4.66. The van der Waals surface area contributed by atoms with Crippen LogP contribution < -0.4 is 5.43 Å². The monoisotopic (exact) mass is 571 g/mol. The van der Waals surface area contributed by atoms with Crippen LogP contribution in [0.15, 0.2) is 78.9 Å². The standard InChI is InChI=1S/C33H37N3O6/c1-22-14-13-17-24(20-22)33(36(30(40)42-32(5,6)7)34-29(39)41-31(2,3)4)26-19-12-11-18-25(26)27(37)35(28(33)38)21-23-15-9-8-10-16-23/h8-20H,21H2,1-7H3,(H,34,39)/t33-/m0/s1. The van der Waals surface area contributed by atoms with Gasteiger partial charge in [-0.2, -0.15) is 5.01 Å². The van der Waals surface area contributed by atoms with E-state index in [2.05, 4.69) is 5.43 Å². The van der Waals surface area contributed by atoms with Crippen molar-refractivity contribution < 1.29 is 28.7 Å². The molecule has 0 spiro atoms. The fourth-order valence-corrected chi connectivity index (χ4v) is 4.90. The van der Waals surface area contributed by atoms with Crippen LogP contribution in [0.5, 0.6) is 0 Å². The van der Waals surface area contributed by atoms with Crippen LogP contribution in [-0.4, -0.2) is 45.1 Å². The highest BCUT2D eigenvalue weighted by Gasteiger charge is 2.59. The maximum atomic E-state index is 15.0. The number of rotatable bonds is 4. The molecule has 0 aromatic heterocycles. The molecule has 42 heavy (non-hydrogen) atoms. The van der Waals surface area contributed by atoms with E-state index >= 15 is 0 Å². The molecule has 3 aromatic carbocycles. The van der Waals surface area contributed by atoms with Crippen LogP contribution >= 0.6 is 0 Å². The van der Waals surface area contributed by atoms with Crippen molar-refractivity contribution >= 4 is 24.0 Å². The van der Waals surface area contributed by atoms with E-state index in [1.165, 1.54) is 0 Å². The van der Waals surface area contributed by atoms with E-state index in [-0.39, 0.29) is 17.7 Å². The van der Waals surface area contributed by atoms with Crippen LogP contribution in [0, 0.1) is 6.92 Å². The van der Waals surface area contributed by atoms with Crippen LogP contribution in [0.25, 0.3) is 0 Å². The number of nitrogens with one attached hydrogen (secondary N) is 1. The van der Waals surface area contributed by atoms with Crippen molar-refractivity contribution in [1.82, 2.24) is 15.3 Å². The zero-order chi connectivity index (χ0) is 30.9. The molecule has 0 saturated carbocycles. The Kier molecular flexibility index (Phi) is 8.16. The molecule has 4 rings (SSSR count). The first-order chi connectivity index (χ1) is 19.6. The maximum absolute atomic E-state index is 15.0. The molecule has 3 aromatic rings. The van der Waals surface area contributed by atoms with Gasteiger partial charge >= 0.3 is 12.2 Å². The predicted octanol–water partition coefficient (Wildman–Crippen LogP) is 6.10. The quantitative estimate of drug-likeness (QED) is 0.300. The van der Waals surface area contributed by atoms with E-state index in [1.54, 1.807) is 96.1 Å². The number of nitrogens with zero attached hydrogens (tertiary/aromatic N) is 2. The number of fused-ring (bicyclic) bond motifs is 1. The van der Waals surface area contributed by atoms with Crippen molar-refractivity contribution in [2.24, 2.45) is 0 Å². The lowest BCUT2D eigenvalue weighted by Gasteiger charge is -2.47. The minimum Gasteiger partial charge on any atom is -0.443 e. The Morgan fingerprint density at radius 1 is 0.833 bits per heavy atom. The lowest BCUT2D eigenvalue weighted by Crippen LogP contribution is -2.68. The van der Waals surface area contributed by atoms with Gasteiger partial charge in [0.05, 0.1) is 6.54 Å². The molecule has 1 aliphatic rings. The van der Waals surface area contributed by atoms with Crippen LogP contribution in [-0.2, 0) is 26.4 Å². The third kappa shape index (κ3) is 6.15. The zero-order valence-electron chi connectivity index (χ0n) is 25.1. The molecule has 0 saturated heterocycles. The van der Waals surface area contributed by atoms with Crippen molar-refractivity contribution in [2.45, 2.75) is 71.8 Å². The number of benzene rings is 3. The average Bonchev–Trinajstić information content (AvgIpc) is 2.89. The van der Waals surface area contributed by atoms with Gasteiger partial charge in [0.25, 0.3) is 11.8 Å². The summed E-state index contributed by atoms with van der Waals surface area (Å²) in [6, 6.07) is 22.7. The highest BCUT2D eigenvalue weighted by Crippen LogP contribution is 2.44. The van der Waals surface area contributed by atoms with Gasteiger partial charge < -0.3 is 9.47 Å². The molecule has 0 radical (unpaired) electrons. The van der Waals surface area contributed by atoms with Crippen LogP contribution in [0.2, 0.25) is 0 Å². The van der Waals surface area contributed by atoms with Gasteiger partial charge in [-0.3, -0.25) is 14.5 Å². The van der Waals surface area contributed by atoms with Gasteiger partial charge in [0, 0.05) is 11.1 Å². The van der Waals surface area contributed by atoms with Crippen LogP contribution in [0.1, 0.15) is 74.2 Å². The summed E-state index contributed by atoms with van der Waals surface area (Å²) in [7, 11) is 0. The Bertz CT molecular complexity index is 1510. The molecule has 0 fully saturated rings. The van der Waals surface area contributed by atoms with Gasteiger partial charge in [-0.25, -0.2) is 15.0 Å². The van der Waals surface area contributed by atoms with Crippen molar-refractivity contribution in [3.8, 4) is 0 Å². The number of hydrazine groups is 1. The Labute approximate surface area is 246 Å². The zero-order valence-corrected chi connectivity index (χ0v) is 25.1. The van der Waals surface area contributed by atoms with Gasteiger partial charge in [-0.05, 0) is 65.7 Å². The summed E-state index contributed by atoms with van der Waals surface area (Å²) in [5, 5.41) is 0.868. The molecule has 9 nitrogen and oxygen atoms in total. The number of imide groups is 1. The Balaban J connectivity index is 2.05. The first-order valence-electron chi connectivity index (χ1n) is 13.7. The van der Waals surface area contributed by atoms with Gasteiger partial charge in [-0.15, -0.1) is 0 Å². The van der Waals surface area contributed by atoms with Crippen LogP contribution in [0.3, 0.4) is 0 Å². The number of aryl methyl sites for hydroxylation is 1. The van der Waals surface area contributed by atoms with Crippen LogP contribution in [0.4, 0.5) is 9.59 Å². The fraction of sp³-hybridized carbons (Fsp3) is 0.333. The SMILES string of the molecule is Cc1cccc([C@@]2(N(NC(=O)OC(C)(C)C)C(=O)OC(C)(C)C)C(=O)N(Cc3ccccc3)C(=O)c3ccccc32)c1. The van der Waals surface area contributed by atoms with Gasteiger partial charge in [0.1, 0.15) is 11.2 Å². The molecular weight excluding hydrogens is 534 g/mol. The molecule has 0 bridgehead atoms. The fourth-order valence-electron chi connectivity index (χ4n) is 4.90.